The molecule has 0 bridgehead atoms. The highest BCUT2D eigenvalue weighted by Gasteiger charge is 2.34. The number of rotatable bonds is 5. The van der Waals surface area contributed by atoms with Gasteiger partial charge in [0, 0.05) is 11.4 Å². The number of benzene rings is 2. The van der Waals surface area contributed by atoms with Crippen LogP contribution in [0, 0.1) is 0 Å². The maximum atomic E-state index is 12.5. The van der Waals surface area contributed by atoms with Gasteiger partial charge in [-0.15, -0.1) is 0 Å². The van der Waals surface area contributed by atoms with Crippen LogP contribution in [-0.2, 0) is 14.8 Å². The van der Waals surface area contributed by atoms with Gasteiger partial charge < -0.3 is 14.8 Å². The molecule has 8 heteroatoms. The molecule has 1 heterocycles. The third-order valence-electron chi connectivity index (χ3n) is 3.91. The lowest BCUT2D eigenvalue weighted by atomic mass is 10.1. The summed E-state index contributed by atoms with van der Waals surface area (Å²) in [6.45, 7) is 3.32. The van der Waals surface area contributed by atoms with Crippen molar-refractivity contribution in [3.63, 3.8) is 0 Å². The molecule has 2 aromatic rings. The number of nitrogens with one attached hydrogen (secondary N) is 2. The highest BCUT2D eigenvalue weighted by molar-refractivity contribution is 7.92. The van der Waals surface area contributed by atoms with E-state index in [9.17, 15) is 13.2 Å². The second-order valence-electron chi connectivity index (χ2n) is 5.88. The molecule has 0 aromatic heterocycles. The Balaban J connectivity index is 1.67. The number of fused-ring (bicyclic) bond motifs is 1. The van der Waals surface area contributed by atoms with Crippen LogP contribution in [0.1, 0.15) is 13.8 Å². The van der Waals surface area contributed by atoms with Crippen molar-refractivity contribution in [1.82, 2.24) is 0 Å². The number of carbonyl (C=O) groups excluding carboxylic acids is 1. The molecule has 1 aliphatic heterocycles. The van der Waals surface area contributed by atoms with E-state index >= 15 is 0 Å². The number of sulfonamides is 1. The summed E-state index contributed by atoms with van der Waals surface area (Å²) < 4.78 is 37.1. The minimum atomic E-state index is -3.34. The number of amides is 1. The van der Waals surface area contributed by atoms with Crippen LogP contribution in [0.4, 0.5) is 11.4 Å². The van der Waals surface area contributed by atoms with Crippen LogP contribution >= 0.6 is 0 Å². The minimum absolute atomic E-state index is 0.0101. The van der Waals surface area contributed by atoms with E-state index in [1.54, 1.807) is 50.2 Å². The van der Waals surface area contributed by atoms with E-state index in [0.29, 0.717) is 22.9 Å². The van der Waals surface area contributed by atoms with Crippen molar-refractivity contribution in [3.8, 4) is 11.5 Å². The van der Waals surface area contributed by atoms with E-state index in [1.165, 1.54) is 0 Å². The van der Waals surface area contributed by atoms with Gasteiger partial charge in [-0.2, -0.15) is 0 Å². The van der Waals surface area contributed by atoms with Gasteiger partial charge in [-0.05, 0) is 50.2 Å². The standard InChI is InChI=1S/C18H20N2O5S/c1-3-26(22,23)20-14-10-8-13(9-11-14)19-18(21)17-12(2)24-15-6-4-5-7-16(15)25-17/h4-12,17,20H,3H2,1-2H3,(H,19,21)/t12-,17+/m0/s1. The minimum Gasteiger partial charge on any atom is -0.482 e. The van der Waals surface area contributed by atoms with Crippen molar-refractivity contribution in [1.29, 1.82) is 0 Å². The molecule has 0 saturated carbocycles. The van der Waals surface area contributed by atoms with Crippen LogP contribution in [0.15, 0.2) is 48.5 Å². The maximum absolute atomic E-state index is 12.5. The molecular weight excluding hydrogens is 356 g/mol. The van der Waals surface area contributed by atoms with Crippen molar-refractivity contribution >= 4 is 27.3 Å². The van der Waals surface area contributed by atoms with Crippen LogP contribution in [-0.4, -0.2) is 32.3 Å². The first-order chi connectivity index (χ1) is 12.4. The molecule has 0 unspecified atom stereocenters. The molecule has 2 aromatic carbocycles. The zero-order chi connectivity index (χ0) is 18.7. The number of anilines is 2. The second-order valence-corrected chi connectivity index (χ2v) is 7.89. The molecule has 2 N–H and O–H groups in total. The monoisotopic (exact) mass is 376 g/mol. The smallest absolute Gasteiger partial charge is 0.269 e. The third-order valence-corrected chi connectivity index (χ3v) is 5.21. The summed E-state index contributed by atoms with van der Waals surface area (Å²) in [7, 11) is -3.34. The van der Waals surface area contributed by atoms with Crippen molar-refractivity contribution in [2.75, 3.05) is 15.8 Å². The first-order valence-electron chi connectivity index (χ1n) is 8.22. The lowest BCUT2D eigenvalue weighted by Crippen LogP contribution is -2.46. The number of hydrogen-bond donors (Lipinski definition) is 2. The van der Waals surface area contributed by atoms with Crippen LogP contribution in [0.5, 0.6) is 11.5 Å². The van der Waals surface area contributed by atoms with E-state index in [-0.39, 0.29) is 11.7 Å². The van der Waals surface area contributed by atoms with Gasteiger partial charge in [-0.1, -0.05) is 12.1 Å². The van der Waals surface area contributed by atoms with E-state index in [0.717, 1.165) is 0 Å². The van der Waals surface area contributed by atoms with Crippen molar-refractivity contribution in [2.24, 2.45) is 0 Å². The average molecular weight is 376 g/mol. The SMILES string of the molecule is CCS(=O)(=O)Nc1ccc(NC(=O)[C@@H]2Oc3ccccc3O[C@H]2C)cc1. The Morgan fingerprint density at radius 1 is 1.00 bits per heavy atom. The molecule has 0 fully saturated rings. The fraction of sp³-hybridized carbons (Fsp3) is 0.278. The lowest BCUT2D eigenvalue weighted by molar-refractivity contribution is -0.128. The lowest BCUT2D eigenvalue weighted by Gasteiger charge is -2.31. The Morgan fingerprint density at radius 2 is 1.58 bits per heavy atom. The summed E-state index contributed by atoms with van der Waals surface area (Å²) in [5.41, 5.74) is 0.966. The van der Waals surface area contributed by atoms with Gasteiger partial charge in [-0.3, -0.25) is 9.52 Å². The number of ether oxygens (including phenoxy) is 2. The number of carbonyl (C=O) groups is 1. The highest BCUT2D eigenvalue weighted by Crippen LogP contribution is 2.33. The normalized spacial score (nSPS) is 18.8. The molecule has 1 aliphatic rings. The Morgan fingerprint density at radius 3 is 2.19 bits per heavy atom. The fourth-order valence-electron chi connectivity index (χ4n) is 2.49. The highest BCUT2D eigenvalue weighted by atomic mass is 32.2. The Hall–Kier alpha value is -2.74. The Labute approximate surface area is 152 Å². The van der Waals surface area contributed by atoms with E-state index in [2.05, 4.69) is 10.0 Å². The van der Waals surface area contributed by atoms with E-state index in [4.69, 9.17) is 9.47 Å². The molecule has 2 atom stereocenters. The molecule has 1 amide bonds. The summed E-state index contributed by atoms with van der Waals surface area (Å²) in [5, 5.41) is 2.76. The van der Waals surface area contributed by atoms with Gasteiger partial charge in [0.2, 0.25) is 16.1 Å². The van der Waals surface area contributed by atoms with Gasteiger partial charge in [0.05, 0.1) is 5.75 Å². The van der Waals surface area contributed by atoms with Crippen molar-refractivity contribution in [2.45, 2.75) is 26.1 Å². The largest absolute Gasteiger partial charge is 0.482 e. The quantitative estimate of drug-likeness (QED) is 0.837. The Bertz CT molecular complexity index is 896. The van der Waals surface area contributed by atoms with Crippen LogP contribution in [0.25, 0.3) is 0 Å². The molecule has 0 aliphatic carbocycles. The van der Waals surface area contributed by atoms with Gasteiger partial charge in [0.1, 0.15) is 6.10 Å². The average Bonchev–Trinajstić information content (AvgIpc) is 2.62. The predicted octanol–water partition coefficient (Wildman–Crippen LogP) is 2.62. The molecular formula is C18H20N2O5S. The molecule has 0 saturated heterocycles. The van der Waals surface area contributed by atoms with Gasteiger partial charge in [0.25, 0.3) is 5.91 Å². The molecule has 26 heavy (non-hydrogen) atoms. The first kappa shape index (κ1) is 18.1. The zero-order valence-corrected chi connectivity index (χ0v) is 15.2. The summed E-state index contributed by atoms with van der Waals surface area (Å²) in [5.74, 6) is 0.782. The topological polar surface area (TPSA) is 93.7 Å². The van der Waals surface area contributed by atoms with Gasteiger partial charge >= 0.3 is 0 Å². The molecule has 0 spiro atoms. The van der Waals surface area contributed by atoms with Crippen molar-refractivity contribution < 1.29 is 22.7 Å². The molecule has 138 valence electrons. The third kappa shape index (κ3) is 4.08. The predicted molar refractivity (Wildman–Crippen MR) is 99.1 cm³/mol. The zero-order valence-electron chi connectivity index (χ0n) is 14.4. The summed E-state index contributed by atoms with van der Waals surface area (Å²) in [6, 6.07) is 13.6. The fourth-order valence-corrected chi connectivity index (χ4v) is 3.13. The Kier molecular flexibility index (Phi) is 5.03. The van der Waals surface area contributed by atoms with Gasteiger partial charge in [0.15, 0.2) is 11.5 Å². The second kappa shape index (κ2) is 7.25. The first-order valence-corrected chi connectivity index (χ1v) is 9.87. The van der Waals surface area contributed by atoms with Crippen LogP contribution in [0.3, 0.4) is 0 Å². The number of hydrogen-bond acceptors (Lipinski definition) is 5. The van der Waals surface area contributed by atoms with E-state index in [1.807, 2.05) is 12.1 Å². The summed E-state index contributed by atoms with van der Waals surface area (Å²) in [4.78, 5) is 12.5. The molecule has 7 nitrogen and oxygen atoms in total. The number of para-hydroxylation sites is 2. The van der Waals surface area contributed by atoms with Crippen LogP contribution < -0.4 is 19.5 Å². The molecule has 3 rings (SSSR count). The van der Waals surface area contributed by atoms with Crippen molar-refractivity contribution in [3.05, 3.63) is 48.5 Å². The van der Waals surface area contributed by atoms with Gasteiger partial charge in [-0.25, -0.2) is 8.42 Å². The summed E-state index contributed by atoms with van der Waals surface area (Å²) in [6.07, 6.45) is -1.23. The van der Waals surface area contributed by atoms with E-state index < -0.39 is 22.2 Å². The molecule has 0 radical (unpaired) electrons. The maximum Gasteiger partial charge on any atom is 0.269 e. The summed E-state index contributed by atoms with van der Waals surface area (Å²) >= 11 is 0. The van der Waals surface area contributed by atoms with Crippen LogP contribution in [0.2, 0.25) is 0 Å².